The Kier molecular flexibility index (Phi) is 4.55. The van der Waals surface area contributed by atoms with Crippen LogP contribution in [-0.4, -0.2) is 51.2 Å². The fourth-order valence-electron chi connectivity index (χ4n) is 5.58. The predicted molar refractivity (Wildman–Crippen MR) is 83.0 cm³/mol. The number of amides is 1. The first kappa shape index (κ1) is 15.3. The molecule has 0 aromatic heterocycles. The summed E-state index contributed by atoms with van der Waals surface area (Å²) in [5.74, 6) is 3.10. The molecular weight excluding hydrogens is 264 g/mol. The lowest BCUT2D eigenvalue weighted by Crippen LogP contribution is -2.52. The van der Waals surface area contributed by atoms with Crippen molar-refractivity contribution in [3.05, 3.63) is 0 Å². The Hall–Kier alpha value is -0.610. The Morgan fingerprint density at radius 2 is 1.76 bits per heavy atom. The predicted octanol–water partition coefficient (Wildman–Crippen LogP) is 1.90. The minimum atomic E-state index is 0.224. The van der Waals surface area contributed by atoms with Gasteiger partial charge in [-0.3, -0.25) is 4.79 Å². The van der Waals surface area contributed by atoms with Crippen LogP contribution in [0.15, 0.2) is 0 Å². The highest BCUT2D eigenvalue weighted by molar-refractivity contribution is 5.78. The van der Waals surface area contributed by atoms with Gasteiger partial charge < -0.3 is 15.0 Å². The molecule has 4 bridgehead atoms. The molecule has 0 aromatic carbocycles. The molecule has 21 heavy (non-hydrogen) atoms. The molecule has 0 aromatic rings. The summed E-state index contributed by atoms with van der Waals surface area (Å²) in [6, 6.07) is 0. The Morgan fingerprint density at radius 3 is 2.29 bits per heavy atom. The third-order valence-electron chi connectivity index (χ3n) is 5.92. The van der Waals surface area contributed by atoms with Gasteiger partial charge in [0, 0.05) is 27.2 Å². The number of carbonyl (C=O) groups is 1. The smallest absolute Gasteiger partial charge is 0.236 e. The van der Waals surface area contributed by atoms with E-state index in [9.17, 15) is 4.79 Å². The average Bonchev–Trinajstić information content (AvgIpc) is 2.41. The zero-order valence-electron chi connectivity index (χ0n) is 13.6. The molecule has 4 aliphatic carbocycles. The molecule has 120 valence electrons. The third kappa shape index (κ3) is 3.42. The quantitative estimate of drug-likeness (QED) is 0.729. The first-order chi connectivity index (χ1) is 10.1. The van der Waals surface area contributed by atoms with Crippen molar-refractivity contribution in [3.8, 4) is 0 Å². The molecule has 0 saturated heterocycles. The van der Waals surface area contributed by atoms with E-state index in [4.69, 9.17) is 4.74 Å². The number of hydrogen-bond acceptors (Lipinski definition) is 3. The molecule has 0 atom stereocenters. The molecule has 4 rings (SSSR count). The van der Waals surface area contributed by atoms with Gasteiger partial charge in [-0.1, -0.05) is 0 Å². The summed E-state index contributed by atoms with van der Waals surface area (Å²) in [5, 5.41) is 3.16. The van der Waals surface area contributed by atoms with Gasteiger partial charge in [-0.15, -0.1) is 0 Å². The molecule has 4 saturated carbocycles. The highest BCUT2D eigenvalue weighted by atomic mass is 16.5. The van der Waals surface area contributed by atoms with E-state index in [1.807, 2.05) is 11.9 Å². The number of ether oxygens (including phenoxy) is 1. The largest absolute Gasteiger partial charge is 0.383 e. The van der Waals surface area contributed by atoms with Gasteiger partial charge in [0.15, 0.2) is 0 Å². The van der Waals surface area contributed by atoms with Crippen molar-refractivity contribution in [1.82, 2.24) is 10.2 Å². The molecule has 0 heterocycles. The van der Waals surface area contributed by atoms with Crippen LogP contribution in [-0.2, 0) is 9.53 Å². The number of methoxy groups -OCH3 is 1. The van der Waals surface area contributed by atoms with Gasteiger partial charge in [0.05, 0.1) is 13.2 Å². The van der Waals surface area contributed by atoms with Gasteiger partial charge in [-0.2, -0.15) is 0 Å². The van der Waals surface area contributed by atoms with Gasteiger partial charge in [0.25, 0.3) is 0 Å². The number of hydrogen-bond donors (Lipinski definition) is 1. The van der Waals surface area contributed by atoms with E-state index in [0.717, 1.165) is 30.8 Å². The normalized spacial score (nSPS) is 37.0. The molecule has 4 heteroatoms. The molecule has 4 aliphatic rings. The second kappa shape index (κ2) is 6.25. The van der Waals surface area contributed by atoms with Gasteiger partial charge in [-0.25, -0.2) is 0 Å². The molecule has 0 aliphatic heterocycles. The fourth-order valence-corrected chi connectivity index (χ4v) is 5.58. The molecule has 0 radical (unpaired) electrons. The number of rotatable bonds is 7. The number of nitrogens with zero attached hydrogens (tertiary/aromatic N) is 1. The molecule has 0 spiro atoms. The minimum Gasteiger partial charge on any atom is -0.383 e. The van der Waals surface area contributed by atoms with Gasteiger partial charge >= 0.3 is 0 Å². The van der Waals surface area contributed by atoms with Gasteiger partial charge in [0.1, 0.15) is 0 Å². The topological polar surface area (TPSA) is 41.6 Å². The van der Waals surface area contributed by atoms with E-state index in [1.165, 1.54) is 38.5 Å². The van der Waals surface area contributed by atoms with Crippen molar-refractivity contribution < 1.29 is 9.53 Å². The standard InChI is InChI=1S/C17H30N2O2/c1-19(16(20)11-18-3-4-21-2)12-17-8-13-5-14(9-17)7-15(6-13)10-17/h13-15,18H,3-12H2,1-2H3. The first-order valence-corrected chi connectivity index (χ1v) is 8.54. The summed E-state index contributed by atoms with van der Waals surface area (Å²) in [5.41, 5.74) is 0.450. The van der Waals surface area contributed by atoms with Crippen molar-refractivity contribution in [2.75, 3.05) is 40.4 Å². The summed E-state index contributed by atoms with van der Waals surface area (Å²) in [4.78, 5) is 14.2. The van der Waals surface area contributed by atoms with E-state index < -0.39 is 0 Å². The Balaban J connectivity index is 1.50. The van der Waals surface area contributed by atoms with E-state index in [1.54, 1.807) is 7.11 Å². The van der Waals surface area contributed by atoms with Crippen LogP contribution in [0.3, 0.4) is 0 Å². The SMILES string of the molecule is COCCNCC(=O)N(C)CC12CC3CC(CC(C3)C1)C2. The summed E-state index contributed by atoms with van der Waals surface area (Å²) < 4.78 is 4.99. The third-order valence-corrected chi connectivity index (χ3v) is 5.92. The highest BCUT2D eigenvalue weighted by Gasteiger charge is 2.51. The molecule has 4 nitrogen and oxygen atoms in total. The lowest BCUT2D eigenvalue weighted by molar-refractivity contribution is -0.134. The van der Waals surface area contributed by atoms with Crippen molar-refractivity contribution in [1.29, 1.82) is 0 Å². The Morgan fingerprint density at radius 1 is 1.19 bits per heavy atom. The maximum Gasteiger partial charge on any atom is 0.236 e. The first-order valence-electron chi connectivity index (χ1n) is 8.54. The van der Waals surface area contributed by atoms with E-state index in [-0.39, 0.29) is 5.91 Å². The van der Waals surface area contributed by atoms with Crippen LogP contribution in [0.2, 0.25) is 0 Å². The molecular formula is C17H30N2O2. The van der Waals surface area contributed by atoms with Gasteiger partial charge in [-0.05, 0) is 61.7 Å². The number of nitrogens with one attached hydrogen (secondary N) is 1. The second-order valence-electron chi connectivity index (χ2n) is 7.84. The average molecular weight is 294 g/mol. The van der Waals surface area contributed by atoms with Crippen LogP contribution in [0, 0.1) is 23.2 Å². The van der Waals surface area contributed by atoms with Crippen molar-refractivity contribution in [2.24, 2.45) is 23.2 Å². The minimum absolute atomic E-state index is 0.224. The monoisotopic (exact) mass is 294 g/mol. The van der Waals surface area contributed by atoms with Crippen LogP contribution in [0.25, 0.3) is 0 Å². The van der Waals surface area contributed by atoms with Crippen molar-refractivity contribution in [3.63, 3.8) is 0 Å². The number of carbonyl (C=O) groups excluding carboxylic acids is 1. The van der Waals surface area contributed by atoms with Crippen LogP contribution < -0.4 is 5.32 Å². The Labute approximate surface area is 128 Å². The van der Waals surface area contributed by atoms with Crippen molar-refractivity contribution in [2.45, 2.75) is 38.5 Å². The molecule has 1 N–H and O–H groups in total. The van der Waals surface area contributed by atoms with E-state index in [0.29, 0.717) is 18.6 Å². The highest BCUT2D eigenvalue weighted by Crippen LogP contribution is 2.60. The summed E-state index contributed by atoms with van der Waals surface area (Å²) in [6.45, 7) is 2.81. The number of likely N-dealkylation sites (N-methyl/N-ethyl adjacent to an activating group) is 1. The van der Waals surface area contributed by atoms with Crippen LogP contribution >= 0.6 is 0 Å². The van der Waals surface area contributed by atoms with Crippen LogP contribution in [0.1, 0.15) is 38.5 Å². The van der Waals surface area contributed by atoms with E-state index >= 15 is 0 Å². The summed E-state index contributed by atoms with van der Waals surface area (Å²) in [6.07, 6.45) is 8.51. The molecule has 4 fully saturated rings. The summed E-state index contributed by atoms with van der Waals surface area (Å²) in [7, 11) is 3.67. The lowest BCUT2D eigenvalue weighted by atomic mass is 9.49. The lowest BCUT2D eigenvalue weighted by Gasteiger charge is -2.57. The van der Waals surface area contributed by atoms with Gasteiger partial charge in [0.2, 0.25) is 5.91 Å². The van der Waals surface area contributed by atoms with Crippen molar-refractivity contribution >= 4 is 5.91 Å². The van der Waals surface area contributed by atoms with E-state index in [2.05, 4.69) is 5.32 Å². The maximum absolute atomic E-state index is 12.3. The maximum atomic E-state index is 12.3. The Bertz CT molecular complexity index is 348. The second-order valence-corrected chi connectivity index (χ2v) is 7.84. The van der Waals surface area contributed by atoms with Crippen LogP contribution in [0.5, 0.6) is 0 Å². The molecule has 0 unspecified atom stereocenters. The molecule has 1 amide bonds. The summed E-state index contributed by atoms with van der Waals surface area (Å²) >= 11 is 0. The zero-order chi connectivity index (χ0) is 14.9. The fraction of sp³-hybridized carbons (Fsp3) is 0.941. The van der Waals surface area contributed by atoms with Crippen LogP contribution in [0.4, 0.5) is 0 Å². The zero-order valence-corrected chi connectivity index (χ0v) is 13.6.